The molecule has 3 amide bonds. The van der Waals surface area contributed by atoms with E-state index in [4.69, 9.17) is 9.47 Å². The van der Waals surface area contributed by atoms with Crippen molar-refractivity contribution in [1.82, 2.24) is 15.1 Å². The van der Waals surface area contributed by atoms with Crippen LogP contribution in [0.25, 0.3) is 0 Å². The summed E-state index contributed by atoms with van der Waals surface area (Å²) >= 11 is 0. The van der Waals surface area contributed by atoms with Crippen molar-refractivity contribution in [3.8, 4) is 5.75 Å². The minimum atomic E-state index is -0.591. The first kappa shape index (κ1) is 21.4. The van der Waals surface area contributed by atoms with E-state index < -0.39 is 6.04 Å². The van der Waals surface area contributed by atoms with E-state index in [9.17, 15) is 14.4 Å². The molecule has 8 heteroatoms. The Kier molecular flexibility index (Phi) is 5.90. The Hall–Kier alpha value is -2.45. The van der Waals surface area contributed by atoms with Gasteiger partial charge in [0.05, 0.1) is 6.10 Å². The molecule has 0 bridgehead atoms. The van der Waals surface area contributed by atoms with Gasteiger partial charge in [0.25, 0.3) is 5.91 Å². The molecule has 1 aliphatic carbocycles. The number of amides is 3. The van der Waals surface area contributed by atoms with Crippen LogP contribution in [0, 0.1) is 0 Å². The Bertz CT molecular complexity index is 913. The predicted molar refractivity (Wildman–Crippen MR) is 116 cm³/mol. The van der Waals surface area contributed by atoms with Crippen LogP contribution < -0.4 is 10.1 Å². The van der Waals surface area contributed by atoms with E-state index in [0.29, 0.717) is 30.7 Å². The van der Waals surface area contributed by atoms with Gasteiger partial charge in [-0.1, -0.05) is 0 Å². The number of nitrogens with one attached hydrogen (secondary N) is 1. The lowest BCUT2D eigenvalue weighted by molar-refractivity contribution is -0.136. The second-order valence-electron chi connectivity index (χ2n) is 9.30. The van der Waals surface area contributed by atoms with Gasteiger partial charge in [-0.05, 0) is 69.3 Å². The quantitative estimate of drug-likeness (QED) is 0.678. The third-order valence-electron chi connectivity index (χ3n) is 7.20. The topological polar surface area (TPSA) is 88.2 Å². The molecule has 3 aliphatic heterocycles. The predicted octanol–water partition coefficient (Wildman–Crippen LogP) is 1.86. The third-order valence-corrected chi connectivity index (χ3v) is 7.20. The molecule has 3 fully saturated rings. The minimum absolute atomic E-state index is 0.135. The van der Waals surface area contributed by atoms with Crippen LogP contribution in [0.4, 0.5) is 0 Å². The van der Waals surface area contributed by atoms with Crippen molar-refractivity contribution < 1.29 is 23.9 Å². The summed E-state index contributed by atoms with van der Waals surface area (Å²) in [6, 6.07) is 5.60. The number of rotatable bonds is 6. The number of likely N-dealkylation sites (tertiary alicyclic amines) is 1. The molecule has 3 heterocycles. The van der Waals surface area contributed by atoms with Crippen molar-refractivity contribution in [1.29, 1.82) is 0 Å². The Morgan fingerprint density at radius 3 is 2.75 bits per heavy atom. The zero-order chi connectivity index (χ0) is 22.2. The number of carbonyl (C=O) groups is 3. The van der Waals surface area contributed by atoms with Gasteiger partial charge >= 0.3 is 0 Å². The Balaban J connectivity index is 1.20. The summed E-state index contributed by atoms with van der Waals surface area (Å²) in [5.41, 5.74) is 1.49. The number of fused-ring (bicyclic) bond motifs is 1. The Morgan fingerprint density at radius 2 is 1.97 bits per heavy atom. The van der Waals surface area contributed by atoms with Gasteiger partial charge in [-0.2, -0.15) is 0 Å². The van der Waals surface area contributed by atoms with E-state index in [1.165, 1.54) is 0 Å². The largest absolute Gasteiger partial charge is 0.489 e. The number of nitrogens with zero attached hydrogens (tertiary/aromatic N) is 2. The summed E-state index contributed by atoms with van der Waals surface area (Å²) in [5, 5.41) is 2.34. The molecular weight excluding hydrogens is 410 g/mol. The van der Waals surface area contributed by atoms with Gasteiger partial charge in [0.2, 0.25) is 11.8 Å². The summed E-state index contributed by atoms with van der Waals surface area (Å²) in [6.45, 7) is 5.23. The smallest absolute Gasteiger partial charge is 0.255 e. The van der Waals surface area contributed by atoms with Gasteiger partial charge < -0.3 is 14.4 Å². The van der Waals surface area contributed by atoms with E-state index in [1.807, 2.05) is 19.1 Å². The summed E-state index contributed by atoms with van der Waals surface area (Å²) in [4.78, 5) is 40.6. The van der Waals surface area contributed by atoms with E-state index in [-0.39, 0.29) is 30.2 Å². The van der Waals surface area contributed by atoms with Crippen molar-refractivity contribution in [2.45, 2.75) is 76.3 Å². The summed E-state index contributed by atoms with van der Waals surface area (Å²) < 4.78 is 12.0. The number of benzene rings is 1. The maximum Gasteiger partial charge on any atom is 0.255 e. The van der Waals surface area contributed by atoms with Gasteiger partial charge in [-0.15, -0.1) is 0 Å². The molecule has 2 saturated heterocycles. The van der Waals surface area contributed by atoms with Crippen molar-refractivity contribution in [2.24, 2.45) is 0 Å². The SMILES string of the molecule is CCO[C@H]1C[C@@H](N2CCC[C@@H](Oc3ccc4c(c3)CN(C3CCC(=O)NC3=O)C4=O)C2)C1. The molecule has 172 valence electrons. The van der Waals surface area contributed by atoms with Gasteiger partial charge in [0.15, 0.2) is 0 Å². The highest BCUT2D eigenvalue weighted by molar-refractivity contribution is 6.05. The highest BCUT2D eigenvalue weighted by atomic mass is 16.5. The number of ether oxygens (including phenoxy) is 2. The molecule has 1 aromatic carbocycles. The third kappa shape index (κ3) is 4.13. The molecule has 0 spiro atoms. The van der Waals surface area contributed by atoms with Crippen LogP contribution in [-0.2, 0) is 20.9 Å². The lowest BCUT2D eigenvalue weighted by Gasteiger charge is -2.45. The second-order valence-corrected chi connectivity index (χ2v) is 9.30. The fraction of sp³-hybridized carbons (Fsp3) is 0.625. The van der Waals surface area contributed by atoms with Crippen LogP contribution in [0.1, 0.15) is 61.4 Å². The Morgan fingerprint density at radius 1 is 1.12 bits per heavy atom. The molecule has 0 radical (unpaired) electrons. The van der Waals surface area contributed by atoms with Crippen molar-refractivity contribution in [3.63, 3.8) is 0 Å². The molecule has 4 aliphatic rings. The molecule has 1 unspecified atom stereocenters. The zero-order valence-corrected chi connectivity index (χ0v) is 18.5. The highest BCUT2D eigenvalue weighted by Crippen LogP contribution is 2.33. The van der Waals surface area contributed by atoms with Crippen LogP contribution >= 0.6 is 0 Å². The summed E-state index contributed by atoms with van der Waals surface area (Å²) in [5.74, 6) is -0.0419. The minimum Gasteiger partial charge on any atom is -0.489 e. The van der Waals surface area contributed by atoms with E-state index in [1.54, 1.807) is 11.0 Å². The van der Waals surface area contributed by atoms with Gasteiger partial charge in [0.1, 0.15) is 17.9 Å². The average molecular weight is 442 g/mol. The first-order valence-electron chi connectivity index (χ1n) is 11.8. The lowest BCUT2D eigenvalue weighted by Crippen LogP contribution is -2.53. The van der Waals surface area contributed by atoms with Crippen molar-refractivity contribution in [2.75, 3.05) is 19.7 Å². The van der Waals surface area contributed by atoms with Crippen LogP contribution in [0.5, 0.6) is 5.75 Å². The molecule has 5 rings (SSSR count). The maximum absolute atomic E-state index is 12.9. The first-order valence-corrected chi connectivity index (χ1v) is 11.8. The Labute approximate surface area is 188 Å². The molecule has 1 aromatic rings. The number of hydrogen-bond acceptors (Lipinski definition) is 6. The molecule has 1 N–H and O–H groups in total. The van der Waals surface area contributed by atoms with Crippen LogP contribution in [0.15, 0.2) is 18.2 Å². The summed E-state index contributed by atoms with van der Waals surface area (Å²) in [6.07, 6.45) is 5.54. The van der Waals surface area contributed by atoms with E-state index >= 15 is 0 Å². The number of hydrogen-bond donors (Lipinski definition) is 1. The molecule has 2 atom stereocenters. The number of imide groups is 1. The number of piperidine rings is 2. The standard InChI is InChI=1S/C24H31N3O5/c1-2-31-19-11-16(12-19)26-9-3-4-18(14-26)32-17-5-6-20-15(10-17)13-27(24(20)30)21-7-8-22(28)25-23(21)29/h5-6,10,16,18-19,21H,2-4,7-9,11-14H2,1H3,(H,25,28,29)/t16-,18-,19+,21?/m1/s1. The highest BCUT2D eigenvalue weighted by Gasteiger charge is 2.40. The number of carbonyl (C=O) groups excluding carboxylic acids is 3. The lowest BCUT2D eigenvalue weighted by atomic mass is 9.86. The maximum atomic E-state index is 12.9. The average Bonchev–Trinajstić information content (AvgIpc) is 3.06. The molecular formula is C24H31N3O5. The first-order chi connectivity index (χ1) is 15.5. The van der Waals surface area contributed by atoms with Gasteiger partial charge in [-0.25, -0.2) is 0 Å². The second kappa shape index (κ2) is 8.83. The molecule has 32 heavy (non-hydrogen) atoms. The summed E-state index contributed by atoms with van der Waals surface area (Å²) in [7, 11) is 0. The monoisotopic (exact) mass is 441 g/mol. The van der Waals surface area contributed by atoms with E-state index in [0.717, 1.165) is 56.7 Å². The fourth-order valence-corrected chi connectivity index (χ4v) is 5.42. The van der Waals surface area contributed by atoms with Crippen LogP contribution in [0.2, 0.25) is 0 Å². The van der Waals surface area contributed by atoms with Gasteiger partial charge in [-0.3, -0.25) is 24.6 Å². The van der Waals surface area contributed by atoms with Crippen LogP contribution in [0.3, 0.4) is 0 Å². The van der Waals surface area contributed by atoms with Crippen LogP contribution in [-0.4, -0.2) is 71.5 Å². The normalized spacial score (nSPS) is 30.7. The van der Waals surface area contributed by atoms with E-state index in [2.05, 4.69) is 10.2 Å². The fourth-order valence-electron chi connectivity index (χ4n) is 5.42. The zero-order valence-electron chi connectivity index (χ0n) is 18.5. The molecule has 1 saturated carbocycles. The van der Waals surface area contributed by atoms with Crippen molar-refractivity contribution in [3.05, 3.63) is 29.3 Å². The molecule has 0 aromatic heterocycles. The molecule has 8 nitrogen and oxygen atoms in total. The van der Waals surface area contributed by atoms with Gasteiger partial charge in [0, 0.05) is 37.7 Å². The van der Waals surface area contributed by atoms with Crippen molar-refractivity contribution >= 4 is 17.7 Å².